The number of aromatic nitrogens is 2. The van der Waals surface area contributed by atoms with Crippen molar-refractivity contribution in [3.05, 3.63) is 51.3 Å². The normalized spacial score (nSPS) is 16.5. The number of amides is 1. The number of nitrogens with zero attached hydrogens (tertiary/aromatic N) is 2. The van der Waals surface area contributed by atoms with Crippen LogP contribution >= 0.6 is 11.8 Å². The van der Waals surface area contributed by atoms with Gasteiger partial charge < -0.3 is 9.88 Å². The summed E-state index contributed by atoms with van der Waals surface area (Å²) in [6.45, 7) is 2.01. The van der Waals surface area contributed by atoms with Crippen LogP contribution < -0.4 is 10.9 Å². The fourth-order valence-corrected chi connectivity index (χ4v) is 3.74. The molecule has 0 fully saturated rings. The maximum absolute atomic E-state index is 13.6. The summed E-state index contributed by atoms with van der Waals surface area (Å²) in [5.74, 6) is -1.42. The highest BCUT2D eigenvalue weighted by atomic mass is 32.2. The highest BCUT2D eigenvalue weighted by Gasteiger charge is 2.32. The Balaban J connectivity index is 2.16. The second-order valence-electron chi connectivity index (χ2n) is 5.88. The van der Waals surface area contributed by atoms with Gasteiger partial charge in [-0.2, -0.15) is 4.98 Å². The maximum Gasteiger partial charge on any atom is 0.279 e. The van der Waals surface area contributed by atoms with Gasteiger partial charge in [-0.1, -0.05) is 18.7 Å². The lowest BCUT2D eigenvalue weighted by Gasteiger charge is -2.27. The van der Waals surface area contributed by atoms with Crippen LogP contribution in [0.3, 0.4) is 0 Å². The fraction of sp³-hybridized carbons (Fsp3) is 0.353. The number of carbonyl (C=O) groups is 1. The molecule has 0 bridgehead atoms. The molecule has 132 valence electrons. The van der Waals surface area contributed by atoms with Crippen molar-refractivity contribution in [2.75, 3.05) is 11.1 Å². The number of nitrogens with one attached hydrogen (secondary N) is 1. The van der Waals surface area contributed by atoms with Crippen LogP contribution in [-0.2, 0) is 11.8 Å². The number of thioether (sulfide) groups is 1. The first-order valence-electron chi connectivity index (χ1n) is 7.90. The maximum atomic E-state index is 13.6. The van der Waals surface area contributed by atoms with E-state index < -0.39 is 23.1 Å². The summed E-state index contributed by atoms with van der Waals surface area (Å²) in [4.78, 5) is 28.8. The molecule has 0 unspecified atom stereocenters. The molecule has 1 aromatic heterocycles. The lowest BCUT2D eigenvalue weighted by atomic mass is 9.86. The lowest BCUT2D eigenvalue weighted by Crippen LogP contribution is -2.33. The molecule has 25 heavy (non-hydrogen) atoms. The third-order valence-electron chi connectivity index (χ3n) is 4.02. The van der Waals surface area contributed by atoms with Crippen molar-refractivity contribution in [2.45, 2.75) is 30.8 Å². The molecule has 0 spiro atoms. The highest BCUT2D eigenvalue weighted by Crippen LogP contribution is 2.36. The van der Waals surface area contributed by atoms with Crippen molar-refractivity contribution in [2.24, 2.45) is 7.05 Å². The van der Waals surface area contributed by atoms with Crippen molar-refractivity contribution in [3.8, 4) is 0 Å². The third-order valence-corrected chi connectivity index (χ3v) is 5.26. The minimum absolute atomic E-state index is 0.0612. The number of rotatable bonds is 4. The zero-order valence-corrected chi connectivity index (χ0v) is 14.6. The molecule has 8 heteroatoms. The molecular weight excluding hydrogens is 348 g/mol. The number of halogens is 2. The number of anilines is 1. The van der Waals surface area contributed by atoms with Gasteiger partial charge >= 0.3 is 0 Å². The molecule has 1 aliphatic rings. The SMILES string of the molecule is CCCSc1nc(=O)c2c(n1C)NC(=O)C[C@H]2c1cc(F)cc(F)c1. The predicted molar refractivity (Wildman–Crippen MR) is 91.9 cm³/mol. The Hall–Kier alpha value is -2.22. The summed E-state index contributed by atoms with van der Waals surface area (Å²) in [5.41, 5.74) is 0.0239. The van der Waals surface area contributed by atoms with E-state index >= 15 is 0 Å². The van der Waals surface area contributed by atoms with Crippen LogP contribution in [0.15, 0.2) is 28.2 Å². The standard InChI is InChI=1S/C17H17F2N3O2S/c1-3-4-25-17-21-16(24)14-12(8-13(23)20-15(14)22(17)2)9-5-10(18)7-11(19)6-9/h5-7,12H,3-4,8H2,1-2H3,(H,20,23)/t12-/m0/s1. The molecule has 1 amide bonds. The van der Waals surface area contributed by atoms with E-state index in [9.17, 15) is 18.4 Å². The Labute approximate surface area is 147 Å². The van der Waals surface area contributed by atoms with Crippen molar-refractivity contribution in [3.63, 3.8) is 0 Å². The summed E-state index contributed by atoms with van der Waals surface area (Å²) in [7, 11) is 1.71. The Bertz CT molecular complexity index is 878. The van der Waals surface area contributed by atoms with Gasteiger partial charge in [-0.25, -0.2) is 8.78 Å². The Morgan fingerprint density at radius 2 is 1.96 bits per heavy atom. The summed E-state index contributed by atoms with van der Waals surface area (Å²) < 4.78 is 28.8. The molecule has 0 saturated heterocycles. The first kappa shape index (κ1) is 17.6. The molecular formula is C17H17F2N3O2S. The van der Waals surface area contributed by atoms with Crippen LogP contribution in [0.1, 0.15) is 36.8 Å². The van der Waals surface area contributed by atoms with Gasteiger partial charge in [0.15, 0.2) is 5.16 Å². The van der Waals surface area contributed by atoms with Crippen molar-refractivity contribution in [1.82, 2.24) is 9.55 Å². The number of hydrogen-bond donors (Lipinski definition) is 1. The molecule has 1 atom stereocenters. The Kier molecular flexibility index (Phi) is 4.89. The second kappa shape index (κ2) is 6.95. The van der Waals surface area contributed by atoms with Gasteiger partial charge in [0.25, 0.3) is 5.56 Å². The van der Waals surface area contributed by atoms with Gasteiger partial charge in [0.1, 0.15) is 17.5 Å². The van der Waals surface area contributed by atoms with Gasteiger partial charge in [0.2, 0.25) is 5.91 Å². The van der Waals surface area contributed by atoms with Crippen LogP contribution in [-0.4, -0.2) is 21.2 Å². The van der Waals surface area contributed by atoms with E-state index in [1.165, 1.54) is 11.8 Å². The molecule has 0 saturated carbocycles. The van der Waals surface area contributed by atoms with Crippen LogP contribution in [0, 0.1) is 11.6 Å². The van der Waals surface area contributed by atoms with Crippen molar-refractivity contribution < 1.29 is 13.6 Å². The quantitative estimate of drug-likeness (QED) is 0.668. The molecule has 0 radical (unpaired) electrons. The van der Waals surface area contributed by atoms with Crippen LogP contribution in [0.25, 0.3) is 0 Å². The van der Waals surface area contributed by atoms with Crippen LogP contribution in [0.5, 0.6) is 0 Å². The number of carbonyl (C=O) groups excluding carboxylic acids is 1. The Morgan fingerprint density at radius 3 is 2.60 bits per heavy atom. The first-order chi connectivity index (χ1) is 11.9. The van der Waals surface area contributed by atoms with E-state index in [0.717, 1.165) is 30.4 Å². The lowest BCUT2D eigenvalue weighted by molar-refractivity contribution is -0.116. The minimum Gasteiger partial charge on any atom is -0.312 e. The average Bonchev–Trinajstić information content (AvgIpc) is 2.55. The van der Waals surface area contributed by atoms with Gasteiger partial charge in [-0.3, -0.25) is 9.59 Å². The Morgan fingerprint density at radius 1 is 1.28 bits per heavy atom. The minimum atomic E-state index is -0.748. The summed E-state index contributed by atoms with van der Waals surface area (Å²) in [5, 5.41) is 3.20. The van der Waals surface area contributed by atoms with Gasteiger partial charge in [-0.05, 0) is 24.1 Å². The molecule has 0 aliphatic carbocycles. The zero-order chi connectivity index (χ0) is 18.1. The van der Waals surface area contributed by atoms with E-state index in [2.05, 4.69) is 10.3 Å². The van der Waals surface area contributed by atoms with E-state index in [1.807, 2.05) is 6.92 Å². The van der Waals surface area contributed by atoms with E-state index in [4.69, 9.17) is 0 Å². The van der Waals surface area contributed by atoms with E-state index in [1.54, 1.807) is 11.6 Å². The largest absolute Gasteiger partial charge is 0.312 e. The third kappa shape index (κ3) is 3.44. The first-order valence-corrected chi connectivity index (χ1v) is 8.88. The highest BCUT2D eigenvalue weighted by molar-refractivity contribution is 7.99. The van der Waals surface area contributed by atoms with E-state index in [0.29, 0.717) is 11.0 Å². The average molecular weight is 365 g/mol. The number of hydrogen-bond acceptors (Lipinski definition) is 4. The van der Waals surface area contributed by atoms with Crippen molar-refractivity contribution in [1.29, 1.82) is 0 Å². The molecule has 1 aliphatic heterocycles. The van der Waals surface area contributed by atoms with Gasteiger partial charge in [0, 0.05) is 31.2 Å². The smallest absolute Gasteiger partial charge is 0.279 e. The summed E-state index contributed by atoms with van der Waals surface area (Å²) in [6, 6.07) is 3.05. The molecule has 2 aromatic rings. The number of fused-ring (bicyclic) bond motifs is 1. The van der Waals surface area contributed by atoms with Gasteiger partial charge in [0.05, 0.1) is 5.56 Å². The molecule has 1 N–H and O–H groups in total. The molecule has 2 heterocycles. The summed E-state index contributed by atoms with van der Waals surface area (Å²) in [6.07, 6.45) is 0.851. The monoisotopic (exact) mass is 365 g/mol. The molecule has 1 aromatic carbocycles. The van der Waals surface area contributed by atoms with Gasteiger partial charge in [-0.15, -0.1) is 0 Å². The molecule has 5 nitrogen and oxygen atoms in total. The van der Waals surface area contributed by atoms with Crippen LogP contribution in [0.2, 0.25) is 0 Å². The zero-order valence-electron chi connectivity index (χ0n) is 13.8. The fourth-order valence-electron chi connectivity index (χ4n) is 2.92. The topological polar surface area (TPSA) is 64.0 Å². The predicted octanol–water partition coefficient (Wildman–Crippen LogP) is 3.03. The van der Waals surface area contributed by atoms with Crippen molar-refractivity contribution >= 4 is 23.5 Å². The second-order valence-corrected chi connectivity index (χ2v) is 6.94. The molecule has 3 rings (SSSR count). The number of benzene rings is 1. The summed E-state index contributed by atoms with van der Waals surface area (Å²) >= 11 is 1.42. The van der Waals surface area contributed by atoms with E-state index in [-0.39, 0.29) is 23.5 Å². The van der Waals surface area contributed by atoms with Crippen LogP contribution in [0.4, 0.5) is 14.6 Å².